The number of hydrogen-bond acceptors (Lipinski definition) is 3. The second-order valence-electron chi connectivity index (χ2n) is 6.54. The maximum atomic E-state index is 12.3. The summed E-state index contributed by atoms with van der Waals surface area (Å²) in [6, 6.07) is 16.3. The molecule has 1 atom stereocenters. The Balaban J connectivity index is 1.94. The number of aromatic nitrogens is 1. The summed E-state index contributed by atoms with van der Waals surface area (Å²) < 4.78 is 7.59. The van der Waals surface area contributed by atoms with E-state index in [1.807, 2.05) is 35.2 Å². The lowest BCUT2D eigenvalue weighted by Gasteiger charge is -2.20. The van der Waals surface area contributed by atoms with Crippen molar-refractivity contribution in [1.29, 1.82) is 0 Å². The third-order valence-electron chi connectivity index (χ3n) is 4.81. The van der Waals surface area contributed by atoms with Crippen molar-refractivity contribution in [3.63, 3.8) is 0 Å². The lowest BCUT2D eigenvalue weighted by molar-refractivity contribution is -0.586. The average Bonchev–Trinajstić information content (AvgIpc) is 3.06. The standard InChI is InChI=1S/C21H21N2O2S/c1-14-12-22(15(2)24)18-6-4-5-7-19(18)23-20(13-26-21(14)23)16-8-10-17(25-3)11-9-16/h4-11,13-14H,12H2,1-3H3/q+1. The number of ether oxygens (including phenoxy) is 1. The quantitative estimate of drug-likeness (QED) is 0.639. The molecule has 0 aliphatic carbocycles. The zero-order valence-electron chi connectivity index (χ0n) is 15.1. The molecule has 0 spiro atoms. The number of para-hydroxylation sites is 2. The van der Waals surface area contributed by atoms with Crippen molar-refractivity contribution in [3.8, 4) is 22.7 Å². The van der Waals surface area contributed by atoms with Gasteiger partial charge in [-0.25, -0.2) is 0 Å². The van der Waals surface area contributed by atoms with E-state index < -0.39 is 0 Å². The molecule has 1 aliphatic heterocycles. The van der Waals surface area contributed by atoms with Gasteiger partial charge >= 0.3 is 0 Å². The Morgan fingerprint density at radius 2 is 1.92 bits per heavy atom. The van der Waals surface area contributed by atoms with Crippen LogP contribution in [0.5, 0.6) is 5.75 Å². The van der Waals surface area contributed by atoms with Gasteiger partial charge in [0.2, 0.25) is 22.3 Å². The van der Waals surface area contributed by atoms with Gasteiger partial charge in [-0.1, -0.05) is 23.5 Å². The number of carbonyl (C=O) groups excluding carboxylic acids is 1. The van der Waals surface area contributed by atoms with Gasteiger partial charge in [-0.2, -0.15) is 0 Å². The fourth-order valence-electron chi connectivity index (χ4n) is 3.51. The molecule has 4 nitrogen and oxygen atoms in total. The van der Waals surface area contributed by atoms with Crippen LogP contribution in [0.4, 0.5) is 5.69 Å². The van der Waals surface area contributed by atoms with Crippen LogP contribution in [0.2, 0.25) is 0 Å². The van der Waals surface area contributed by atoms with Crippen LogP contribution in [0.25, 0.3) is 16.9 Å². The molecular weight excluding hydrogens is 344 g/mol. The van der Waals surface area contributed by atoms with E-state index >= 15 is 0 Å². The lowest BCUT2D eigenvalue weighted by Crippen LogP contribution is -2.35. The number of hydrogen-bond donors (Lipinski definition) is 0. The molecule has 1 unspecified atom stereocenters. The predicted molar refractivity (Wildman–Crippen MR) is 104 cm³/mol. The number of amides is 1. The molecule has 2 aromatic carbocycles. The molecule has 0 saturated carbocycles. The Bertz CT molecular complexity index is 962. The van der Waals surface area contributed by atoms with E-state index in [4.69, 9.17) is 4.74 Å². The van der Waals surface area contributed by atoms with Crippen LogP contribution in [0.3, 0.4) is 0 Å². The summed E-state index contributed by atoms with van der Waals surface area (Å²) in [6.07, 6.45) is 0. The van der Waals surface area contributed by atoms with Crippen molar-refractivity contribution < 1.29 is 14.1 Å². The first-order chi connectivity index (χ1) is 12.6. The van der Waals surface area contributed by atoms with Crippen molar-refractivity contribution in [3.05, 3.63) is 58.9 Å². The van der Waals surface area contributed by atoms with Gasteiger partial charge in [0, 0.05) is 25.1 Å². The first kappa shape index (κ1) is 16.8. The van der Waals surface area contributed by atoms with E-state index in [1.54, 1.807) is 25.4 Å². The molecule has 26 heavy (non-hydrogen) atoms. The highest BCUT2D eigenvalue weighted by molar-refractivity contribution is 7.09. The molecule has 1 aliphatic rings. The van der Waals surface area contributed by atoms with E-state index in [-0.39, 0.29) is 11.8 Å². The van der Waals surface area contributed by atoms with Crippen LogP contribution in [0.1, 0.15) is 24.8 Å². The van der Waals surface area contributed by atoms with Gasteiger partial charge < -0.3 is 9.64 Å². The molecule has 4 rings (SSSR count). The van der Waals surface area contributed by atoms with E-state index in [9.17, 15) is 4.79 Å². The number of fused-ring (bicyclic) bond motifs is 3. The number of methoxy groups -OCH3 is 1. The fourth-order valence-corrected chi connectivity index (χ4v) is 4.60. The third kappa shape index (κ3) is 2.69. The minimum atomic E-state index is 0.0750. The number of rotatable bonds is 2. The Kier molecular flexibility index (Phi) is 4.24. The summed E-state index contributed by atoms with van der Waals surface area (Å²) in [6.45, 7) is 4.51. The Morgan fingerprint density at radius 3 is 2.62 bits per heavy atom. The fraction of sp³-hybridized carbons (Fsp3) is 0.238. The number of thiazole rings is 1. The van der Waals surface area contributed by atoms with E-state index in [1.165, 1.54) is 5.01 Å². The molecular formula is C21H21N2O2S+. The molecule has 1 aromatic heterocycles. The summed E-state index contributed by atoms with van der Waals surface area (Å²) in [4.78, 5) is 14.2. The van der Waals surface area contributed by atoms with Crippen molar-refractivity contribution >= 4 is 22.9 Å². The second-order valence-corrected chi connectivity index (χ2v) is 7.43. The van der Waals surface area contributed by atoms with Crippen LogP contribution < -0.4 is 14.2 Å². The van der Waals surface area contributed by atoms with Crippen LogP contribution in [0.15, 0.2) is 53.9 Å². The van der Waals surface area contributed by atoms with Crippen molar-refractivity contribution in [2.75, 3.05) is 18.6 Å². The molecule has 2 heterocycles. The normalized spacial score (nSPS) is 15.8. The summed E-state index contributed by atoms with van der Waals surface area (Å²) >= 11 is 1.75. The van der Waals surface area contributed by atoms with Crippen molar-refractivity contribution in [2.24, 2.45) is 0 Å². The van der Waals surface area contributed by atoms with Gasteiger partial charge in [0.15, 0.2) is 0 Å². The topological polar surface area (TPSA) is 33.4 Å². The summed E-state index contributed by atoms with van der Waals surface area (Å²) in [5.41, 5.74) is 4.28. The number of anilines is 1. The van der Waals surface area contributed by atoms with Gasteiger partial charge in [0.05, 0.1) is 18.4 Å². The maximum Gasteiger partial charge on any atom is 0.248 e. The Morgan fingerprint density at radius 1 is 1.19 bits per heavy atom. The predicted octanol–water partition coefficient (Wildman–Crippen LogP) is 4.17. The maximum absolute atomic E-state index is 12.3. The summed E-state index contributed by atoms with van der Waals surface area (Å²) in [5, 5.41) is 3.46. The number of nitrogens with zero attached hydrogens (tertiary/aromatic N) is 2. The molecule has 0 bridgehead atoms. The Labute approximate surface area is 157 Å². The highest BCUT2D eigenvalue weighted by atomic mass is 32.1. The summed E-state index contributed by atoms with van der Waals surface area (Å²) in [5.74, 6) is 1.17. The minimum absolute atomic E-state index is 0.0750. The highest BCUT2D eigenvalue weighted by Gasteiger charge is 2.36. The van der Waals surface area contributed by atoms with Crippen LogP contribution >= 0.6 is 11.3 Å². The van der Waals surface area contributed by atoms with E-state index in [0.29, 0.717) is 6.54 Å². The highest BCUT2D eigenvalue weighted by Crippen LogP contribution is 2.34. The monoisotopic (exact) mass is 365 g/mol. The molecule has 0 fully saturated rings. The molecule has 0 saturated heterocycles. The van der Waals surface area contributed by atoms with E-state index in [2.05, 4.69) is 35.1 Å². The van der Waals surface area contributed by atoms with Crippen molar-refractivity contribution in [2.45, 2.75) is 19.8 Å². The first-order valence-electron chi connectivity index (χ1n) is 8.65. The van der Waals surface area contributed by atoms with Gasteiger partial charge in [0.1, 0.15) is 11.4 Å². The van der Waals surface area contributed by atoms with Crippen molar-refractivity contribution in [1.82, 2.24) is 0 Å². The largest absolute Gasteiger partial charge is 0.497 e. The average molecular weight is 365 g/mol. The first-order valence-corrected chi connectivity index (χ1v) is 9.53. The summed E-state index contributed by atoms with van der Waals surface area (Å²) in [7, 11) is 1.68. The van der Waals surface area contributed by atoms with Gasteiger partial charge in [-0.3, -0.25) is 4.79 Å². The lowest BCUT2D eigenvalue weighted by atomic mass is 10.1. The van der Waals surface area contributed by atoms with Crippen LogP contribution in [-0.2, 0) is 4.79 Å². The SMILES string of the molecule is COc1ccc(-c2csc3[n+]2-c2ccccc2N(C(C)=O)CC3C)cc1. The molecule has 0 radical (unpaired) electrons. The molecule has 3 aromatic rings. The third-order valence-corrected chi connectivity index (χ3v) is 5.98. The van der Waals surface area contributed by atoms with Crippen LogP contribution in [-0.4, -0.2) is 19.6 Å². The number of carbonyl (C=O) groups is 1. The zero-order valence-corrected chi connectivity index (χ0v) is 15.9. The minimum Gasteiger partial charge on any atom is -0.497 e. The van der Waals surface area contributed by atoms with E-state index in [0.717, 1.165) is 28.4 Å². The molecule has 1 amide bonds. The number of benzene rings is 2. The van der Waals surface area contributed by atoms with Crippen LogP contribution in [0, 0.1) is 0 Å². The smallest absolute Gasteiger partial charge is 0.248 e. The Hall–Kier alpha value is -2.66. The van der Waals surface area contributed by atoms with Gasteiger partial charge in [-0.15, -0.1) is 4.57 Å². The van der Waals surface area contributed by atoms with Gasteiger partial charge in [-0.05, 0) is 37.3 Å². The molecule has 0 N–H and O–H groups in total. The second kappa shape index (κ2) is 6.57. The van der Waals surface area contributed by atoms with Gasteiger partial charge in [0.25, 0.3) is 0 Å². The molecule has 132 valence electrons. The molecule has 5 heteroatoms. The zero-order chi connectivity index (χ0) is 18.3.